The summed E-state index contributed by atoms with van der Waals surface area (Å²) in [5.74, 6) is 0.128. The Hall–Kier alpha value is -2.95. The second kappa shape index (κ2) is 7.82. The van der Waals surface area contributed by atoms with Gasteiger partial charge in [0.15, 0.2) is 9.84 Å². The van der Waals surface area contributed by atoms with E-state index in [1.54, 1.807) is 18.5 Å². The lowest BCUT2D eigenvalue weighted by atomic mass is 10.3. The number of nitrogens with zero attached hydrogens (tertiary/aromatic N) is 4. The van der Waals surface area contributed by atoms with Crippen LogP contribution < -0.4 is 5.32 Å². The number of aryl methyl sites for hydroxylation is 1. The van der Waals surface area contributed by atoms with Gasteiger partial charge >= 0.3 is 6.18 Å². The van der Waals surface area contributed by atoms with E-state index in [0.29, 0.717) is 11.4 Å². The summed E-state index contributed by atoms with van der Waals surface area (Å²) in [4.78, 5) is 12.6. The van der Waals surface area contributed by atoms with E-state index in [-0.39, 0.29) is 10.8 Å². The fourth-order valence-electron chi connectivity index (χ4n) is 2.54. The first-order valence-electron chi connectivity index (χ1n) is 8.53. The Kier molecular flexibility index (Phi) is 5.60. The normalized spacial score (nSPS) is 12.2. The topological polar surface area (TPSA) is 89.8 Å². The fourth-order valence-corrected chi connectivity index (χ4v) is 3.83. The standard InChI is InChI=1S/C18H18F3N5O2S/c1-12-23-11-16(26(12)2)15-7-9-22-17(25-15)24-13-3-5-14(6-4-13)29(27,28)10-8-18(19,20)21/h3-7,9,11H,8,10H2,1-2H3,(H,22,24,25). The number of imidazole rings is 1. The zero-order valence-electron chi connectivity index (χ0n) is 15.6. The van der Waals surface area contributed by atoms with Crippen molar-refractivity contribution >= 4 is 21.5 Å². The number of nitrogens with one attached hydrogen (secondary N) is 1. The lowest BCUT2D eigenvalue weighted by molar-refractivity contribution is -0.129. The minimum Gasteiger partial charge on any atom is -0.330 e. The largest absolute Gasteiger partial charge is 0.390 e. The minimum absolute atomic E-state index is 0.174. The number of alkyl halides is 3. The monoisotopic (exact) mass is 425 g/mol. The number of hydrogen-bond donors (Lipinski definition) is 1. The van der Waals surface area contributed by atoms with E-state index >= 15 is 0 Å². The zero-order chi connectivity index (χ0) is 21.2. The maximum Gasteiger partial charge on any atom is 0.390 e. The molecule has 0 unspecified atom stereocenters. The highest BCUT2D eigenvalue weighted by Gasteiger charge is 2.30. The SMILES string of the molecule is Cc1ncc(-c2ccnc(Nc3ccc(S(=O)(=O)CCC(F)(F)F)cc3)n2)n1C. The molecule has 7 nitrogen and oxygen atoms in total. The molecular formula is C18H18F3N5O2S. The van der Waals surface area contributed by atoms with Crippen molar-refractivity contribution in [2.75, 3.05) is 11.1 Å². The van der Waals surface area contributed by atoms with E-state index in [9.17, 15) is 21.6 Å². The van der Waals surface area contributed by atoms with Crippen molar-refractivity contribution in [2.45, 2.75) is 24.4 Å². The molecule has 0 bridgehead atoms. The molecule has 3 rings (SSSR count). The minimum atomic E-state index is -4.52. The van der Waals surface area contributed by atoms with Gasteiger partial charge in [0.25, 0.3) is 0 Å². The van der Waals surface area contributed by atoms with Crippen LogP contribution in [-0.4, -0.2) is 39.9 Å². The van der Waals surface area contributed by atoms with E-state index in [4.69, 9.17) is 0 Å². The molecule has 0 fully saturated rings. The molecule has 1 N–H and O–H groups in total. The number of rotatable bonds is 6. The molecule has 1 aromatic carbocycles. The van der Waals surface area contributed by atoms with Crippen LogP contribution >= 0.6 is 0 Å². The van der Waals surface area contributed by atoms with E-state index in [0.717, 1.165) is 11.5 Å². The number of hydrogen-bond acceptors (Lipinski definition) is 6. The maximum absolute atomic E-state index is 12.3. The van der Waals surface area contributed by atoms with Gasteiger partial charge < -0.3 is 9.88 Å². The average Bonchev–Trinajstić information content (AvgIpc) is 2.99. The summed E-state index contributed by atoms with van der Waals surface area (Å²) >= 11 is 0. The molecule has 2 heterocycles. The van der Waals surface area contributed by atoms with Crippen LogP contribution in [0.25, 0.3) is 11.4 Å². The van der Waals surface area contributed by atoms with Crippen LogP contribution in [0.5, 0.6) is 0 Å². The van der Waals surface area contributed by atoms with Gasteiger partial charge in [0.2, 0.25) is 5.95 Å². The molecule has 2 aromatic heterocycles. The summed E-state index contributed by atoms with van der Waals surface area (Å²) in [6.45, 7) is 1.87. The Morgan fingerprint density at radius 1 is 1.10 bits per heavy atom. The molecule has 0 aliphatic carbocycles. The summed E-state index contributed by atoms with van der Waals surface area (Å²) in [5.41, 5.74) is 1.95. The molecule has 0 saturated heterocycles. The third-order valence-corrected chi connectivity index (χ3v) is 5.99. The number of aromatic nitrogens is 4. The Balaban J connectivity index is 1.75. The average molecular weight is 425 g/mol. The summed E-state index contributed by atoms with van der Waals surface area (Å²) in [7, 11) is -2.15. The molecule has 0 saturated carbocycles. The maximum atomic E-state index is 12.3. The first-order chi connectivity index (χ1) is 13.5. The van der Waals surface area contributed by atoms with Gasteiger partial charge in [-0.2, -0.15) is 13.2 Å². The van der Waals surface area contributed by atoms with Gasteiger partial charge in [0.1, 0.15) is 5.82 Å². The molecule has 29 heavy (non-hydrogen) atoms. The highest BCUT2D eigenvalue weighted by atomic mass is 32.2. The van der Waals surface area contributed by atoms with Crippen molar-refractivity contribution < 1.29 is 21.6 Å². The lowest BCUT2D eigenvalue weighted by Gasteiger charge is -2.09. The molecule has 0 aliphatic rings. The number of halogens is 3. The van der Waals surface area contributed by atoms with E-state index in [1.807, 2.05) is 18.5 Å². The fraction of sp³-hybridized carbons (Fsp3) is 0.278. The second-order valence-electron chi connectivity index (χ2n) is 6.35. The van der Waals surface area contributed by atoms with Crippen molar-refractivity contribution in [1.29, 1.82) is 0 Å². The number of sulfone groups is 1. The summed E-state index contributed by atoms with van der Waals surface area (Å²) in [6.07, 6.45) is -2.64. The van der Waals surface area contributed by atoms with Gasteiger partial charge in [-0.1, -0.05) is 0 Å². The first kappa shape index (κ1) is 20.8. The quantitative estimate of drug-likeness (QED) is 0.648. The summed E-state index contributed by atoms with van der Waals surface area (Å²) < 4.78 is 62.8. The highest BCUT2D eigenvalue weighted by Crippen LogP contribution is 2.24. The van der Waals surface area contributed by atoms with Crippen molar-refractivity contribution in [3.63, 3.8) is 0 Å². The third kappa shape index (κ3) is 5.11. The molecular weight excluding hydrogens is 407 g/mol. The molecule has 0 atom stereocenters. The molecule has 0 spiro atoms. The van der Waals surface area contributed by atoms with Crippen LogP contribution in [0.2, 0.25) is 0 Å². The van der Waals surface area contributed by atoms with Crippen LogP contribution in [-0.2, 0) is 16.9 Å². The molecule has 3 aromatic rings. The van der Waals surface area contributed by atoms with E-state index in [2.05, 4.69) is 20.3 Å². The third-order valence-electron chi connectivity index (χ3n) is 4.26. The van der Waals surface area contributed by atoms with E-state index in [1.165, 1.54) is 24.3 Å². The summed E-state index contributed by atoms with van der Waals surface area (Å²) in [6, 6.07) is 7.14. The highest BCUT2D eigenvalue weighted by molar-refractivity contribution is 7.91. The van der Waals surface area contributed by atoms with Gasteiger partial charge in [-0.3, -0.25) is 0 Å². The van der Waals surface area contributed by atoms with Gasteiger partial charge in [-0.15, -0.1) is 0 Å². The van der Waals surface area contributed by atoms with E-state index < -0.39 is 28.2 Å². The van der Waals surface area contributed by atoms with Gasteiger partial charge in [0, 0.05) is 18.9 Å². The number of anilines is 2. The van der Waals surface area contributed by atoms with Crippen LogP contribution in [0.15, 0.2) is 47.6 Å². The number of benzene rings is 1. The first-order valence-corrected chi connectivity index (χ1v) is 10.2. The van der Waals surface area contributed by atoms with Crippen molar-refractivity contribution in [2.24, 2.45) is 7.05 Å². The molecule has 0 aliphatic heterocycles. The van der Waals surface area contributed by atoms with Crippen LogP contribution in [0.1, 0.15) is 12.2 Å². The Morgan fingerprint density at radius 3 is 2.38 bits per heavy atom. The zero-order valence-corrected chi connectivity index (χ0v) is 16.4. The van der Waals surface area contributed by atoms with Crippen LogP contribution in [0.3, 0.4) is 0 Å². The molecule has 11 heteroatoms. The summed E-state index contributed by atoms with van der Waals surface area (Å²) in [5, 5.41) is 2.95. The molecule has 154 valence electrons. The smallest absolute Gasteiger partial charge is 0.330 e. The Bertz CT molecular complexity index is 1110. The van der Waals surface area contributed by atoms with Crippen LogP contribution in [0, 0.1) is 6.92 Å². The van der Waals surface area contributed by atoms with Crippen molar-refractivity contribution in [1.82, 2.24) is 19.5 Å². The lowest BCUT2D eigenvalue weighted by Crippen LogP contribution is -2.16. The second-order valence-corrected chi connectivity index (χ2v) is 8.46. The predicted octanol–water partition coefficient (Wildman–Crippen LogP) is 3.66. The molecule has 0 radical (unpaired) electrons. The van der Waals surface area contributed by atoms with Crippen molar-refractivity contribution in [3.8, 4) is 11.4 Å². The van der Waals surface area contributed by atoms with Gasteiger partial charge in [-0.05, 0) is 37.3 Å². The Morgan fingerprint density at radius 2 is 1.79 bits per heavy atom. The van der Waals surface area contributed by atoms with Crippen molar-refractivity contribution in [3.05, 3.63) is 48.5 Å². The molecule has 0 amide bonds. The van der Waals surface area contributed by atoms with Crippen LogP contribution in [0.4, 0.5) is 24.8 Å². The van der Waals surface area contributed by atoms with Gasteiger partial charge in [-0.25, -0.2) is 23.4 Å². The Labute approximate surface area is 165 Å². The predicted molar refractivity (Wildman–Crippen MR) is 101 cm³/mol. The van der Waals surface area contributed by atoms with Gasteiger partial charge in [0.05, 0.1) is 34.7 Å².